The summed E-state index contributed by atoms with van der Waals surface area (Å²) in [6.07, 6.45) is 2.81. The van der Waals surface area contributed by atoms with E-state index in [1.54, 1.807) is 0 Å². The second-order valence-corrected chi connectivity index (χ2v) is 4.62. The molecule has 0 aromatic heterocycles. The van der Waals surface area contributed by atoms with E-state index in [1.165, 1.54) is 7.11 Å². The van der Waals surface area contributed by atoms with Gasteiger partial charge in [-0.3, -0.25) is 9.59 Å². The van der Waals surface area contributed by atoms with Crippen molar-refractivity contribution in [2.24, 2.45) is 17.8 Å². The zero-order chi connectivity index (χ0) is 14.0. The molecule has 0 N–H and O–H groups in total. The maximum absolute atomic E-state index is 11.7. The van der Waals surface area contributed by atoms with E-state index < -0.39 is 17.9 Å². The Balaban J connectivity index is 1.71. The number of rotatable bonds is 5. The summed E-state index contributed by atoms with van der Waals surface area (Å²) in [5, 5.41) is 0. The van der Waals surface area contributed by atoms with E-state index >= 15 is 0 Å². The van der Waals surface area contributed by atoms with E-state index in [-0.39, 0.29) is 36.4 Å². The molecule has 2 unspecified atom stereocenters. The molecule has 0 aliphatic heterocycles. The maximum Gasteiger partial charge on any atom is 0.331 e. The molecule has 0 radical (unpaired) electrons. The first-order chi connectivity index (χ1) is 9.04. The molecular formula is C13H14O6. The van der Waals surface area contributed by atoms with E-state index in [0.717, 1.165) is 12.2 Å². The van der Waals surface area contributed by atoms with Gasteiger partial charge in [-0.1, -0.05) is 0 Å². The molecule has 0 bridgehead atoms. The third-order valence-electron chi connectivity index (χ3n) is 3.42. The Labute approximate surface area is 109 Å². The molecule has 0 saturated heterocycles. The Hall–Kier alpha value is -1.98. The Morgan fingerprint density at radius 1 is 1.16 bits per heavy atom. The van der Waals surface area contributed by atoms with Crippen LogP contribution in [0.5, 0.6) is 0 Å². The zero-order valence-corrected chi connectivity index (χ0v) is 10.5. The molecule has 2 aliphatic rings. The van der Waals surface area contributed by atoms with Gasteiger partial charge in [0.2, 0.25) is 0 Å². The highest BCUT2D eigenvalue weighted by Gasteiger charge is 2.59. The number of hydrogen-bond acceptors (Lipinski definition) is 6. The van der Waals surface area contributed by atoms with E-state index in [4.69, 9.17) is 4.74 Å². The number of Topliss-reactive ketones (excluding diaryl/α,β-unsaturated/α-hetero) is 2. The molecule has 2 saturated carbocycles. The topological polar surface area (TPSA) is 86.7 Å². The van der Waals surface area contributed by atoms with Crippen LogP contribution in [0.25, 0.3) is 0 Å². The van der Waals surface area contributed by atoms with Crippen LogP contribution in [-0.4, -0.2) is 37.2 Å². The number of carbonyl (C=O) groups excluding carboxylic acids is 4. The van der Waals surface area contributed by atoms with Crippen LogP contribution in [0.15, 0.2) is 12.2 Å². The van der Waals surface area contributed by atoms with E-state index in [9.17, 15) is 19.2 Å². The largest absolute Gasteiger partial charge is 0.466 e. The van der Waals surface area contributed by atoms with Crippen LogP contribution in [-0.2, 0) is 28.7 Å². The maximum atomic E-state index is 11.7. The van der Waals surface area contributed by atoms with E-state index in [1.807, 2.05) is 0 Å². The summed E-state index contributed by atoms with van der Waals surface area (Å²) >= 11 is 0. The Morgan fingerprint density at radius 3 is 2.32 bits per heavy atom. The van der Waals surface area contributed by atoms with Crippen molar-refractivity contribution in [1.82, 2.24) is 0 Å². The number of ketones is 2. The zero-order valence-electron chi connectivity index (χ0n) is 10.5. The second kappa shape index (κ2) is 5.34. The highest BCUT2D eigenvalue weighted by Crippen LogP contribution is 2.50. The number of fused-ring (bicyclic) bond motifs is 1. The van der Waals surface area contributed by atoms with Crippen molar-refractivity contribution in [3.8, 4) is 0 Å². The number of hydrogen-bond donors (Lipinski definition) is 0. The molecule has 6 heteroatoms. The average molecular weight is 266 g/mol. The van der Waals surface area contributed by atoms with Gasteiger partial charge >= 0.3 is 11.9 Å². The molecule has 19 heavy (non-hydrogen) atoms. The van der Waals surface area contributed by atoms with Crippen LogP contribution >= 0.6 is 0 Å². The molecule has 0 amide bonds. The molecule has 2 rings (SSSR count). The highest BCUT2D eigenvalue weighted by molar-refractivity contribution is 6.14. The normalized spacial score (nSPS) is 28.4. The van der Waals surface area contributed by atoms with E-state index in [2.05, 4.69) is 4.74 Å². The minimum atomic E-state index is -0.701. The fraction of sp³-hybridized carbons (Fsp3) is 0.538. The van der Waals surface area contributed by atoms with Gasteiger partial charge in [0.15, 0.2) is 0 Å². The first kappa shape index (κ1) is 13.5. The van der Waals surface area contributed by atoms with Crippen molar-refractivity contribution < 1.29 is 28.7 Å². The van der Waals surface area contributed by atoms with Crippen LogP contribution in [0.3, 0.4) is 0 Å². The number of methoxy groups -OCH3 is 1. The van der Waals surface area contributed by atoms with Crippen molar-refractivity contribution in [2.75, 3.05) is 13.7 Å². The quantitative estimate of drug-likeness (QED) is 0.397. The minimum Gasteiger partial charge on any atom is -0.466 e. The summed E-state index contributed by atoms with van der Waals surface area (Å²) in [4.78, 5) is 45.2. The lowest BCUT2D eigenvalue weighted by molar-refractivity contribution is -0.141. The van der Waals surface area contributed by atoms with Crippen molar-refractivity contribution in [2.45, 2.75) is 12.8 Å². The predicted molar refractivity (Wildman–Crippen MR) is 61.8 cm³/mol. The molecule has 2 atom stereocenters. The molecular weight excluding hydrogens is 252 g/mol. The van der Waals surface area contributed by atoms with Crippen molar-refractivity contribution in [3.05, 3.63) is 12.2 Å². The van der Waals surface area contributed by atoms with Gasteiger partial charge in [-0.2, -0.15) is 0 Å². The van der Waals surface area contributed by atoms with Crippen LogP contribution in [0.2, 0.25) is 0 Å². The molecule has 0 aromatic rings. The second-order valence-electron chi connectivity index (χ2n) is 4.62. The summed E-state index contributed by atoms with van der Waals surface area (Å²) in [7, 11) is 1.20. The smallest absolute Gasteiger partial charge is 0.331 e. The van der Waals surface area contributed by atoms with Gasteiger partial charge in [0.1, 0.15) is 11.6 Å². The van der Waals surface area contributed by atoms with E-state index in [0.29, 0.717) is 6.42 Å². The van der Waals surface area contributed by atoms with Gasteiger partial charge in [-0.05, 0) is 12.8 Å². The highest BCUT2D eigenvalue weighted by atomic mass is 16.5. The third-order valence-corrected chi connectivity index (χ3v) is 3.42. The monoisotopic (exact) mass is 266 g/mol. The first-order valence-corrected chi connectivity index (χ1v) is 6.05. The average Bonchev–Trinajstić information content (AvgIpc) is 3.15. The molecule has 102 valence electrons. The van der Waals surface area contributed by atoms with Gasteiger partial charge in [-0.15, -0.1) is 0 Å². The van der Waals surface area contributed by atoms with Crippen molar-refractivity contribution in [1.29, 1.82) is 0 Å². The van der Waals surface area contributed by atoms with Crippen LogP contribution < -0.4 is 0 Å². The Kier molecular flexibility index (Phi) is 3.78. The van der Waals surface area contributed by atoms with Gasteiger partial charge < -0.3 is 9.47 Å². The summed E-state index contributed by atoms with van der Waals surface area (Å²) in [5.74, 6) is -2.15. The Morgan fingerprint density at radius 2 is 1.74 bits per heavy atom. The lowest BCUT2D eigenvalue weighted by Crippen LogP contribution is -2.21. The fourth-order valence-electron chi connectivity index (χ4n) is 2.30. The summed E-state index contributed by atoms with van der Waals surface area (Å²) in [6.45, 7) is -0.00800. The molecule has 0 heterocycles. The molecule has 0 aromatic carbocycles. The molecule has 6 nitrogen and oxygen atoms in total. The number of carbonyl (C=O) groups is 4. The fourth-order valence-corrected chi connectivity index (χ4v) is 2.30. The summed E-state index contributed by atoms with van der Waals surface area (Å²) in [5.41, 5.74) is 0. The minimum absolute atomic E-state index is 0.00800. The molecule has 0 spiro atoms. The number of ether oxygens (including phenoxy) is 2. The van der Waals surface area contributed by atoms with Crippen LogP contribution in [0.1, 0.15) is 12.8 Å². The SMILES string of the molecule is COC(=O)/C=C/C(=O)OCCC1C(=O)C2CC2C1=O. The third kappa shape index (κ3) is 2.89. The molecule has 2 fully saturated rings. The van der Waals surface area contributed by atoms with Crippen molar-refractivity contribution >= 4 is 23.5 Å². The lowest BCUT2D eigenvalue weighted by Gasteiger charge is -2.08. The first-order valence-electron chi connectivity index (χ1n) is 6.05. The predicted octanol–water partition coefficient (Wildman–Crippen LogP) is 0.0530. The van der Waals surface area contributed by atoms with Crippen LogP contribution in [0, 0.1) is 17.8 Å². The van der Waals surface area contributed by atoms with Gasteiger partial charge in [0.25, 0.3) is 0 Å². The van der Waals surface area contributed by atoms with Gasteiger partial charge in [-0.25, -0.2) is 9.59 Å². The van der Waals surface area contributed by atoms with Gasteiger partial charge in [0, 0.05) is 24.0 Å². The lowest BCUT2D eigenvalue weighted by atomic mass is 9.98. The standard InChI is InChI=1S/C13H14O6/c1-18-10(14)2-3-11(15)19-5-4-7-12(16)8-6-9(8)13(7)17/h2-3,7-9H,4-6H2,1H3/b3-2+. The number of esters is 2. The molecule has 2 aliphatic carbocycles. The summed E-state index contributed by atoms with van der Waals surface area (Å²) in [6, 6.07) is 0. The van der Waals surface area contributed by atoms with Crippen molar-refractivity contribution in [3.63, 3.8) is 0 Å². The van der Waals surface area contributed by atoms with Gasteiger partial charge in [0.05, 0.1) is 19.6 Å². The Bertz CT molecular complexity index is 444. The summed E-state index contributed by atoms with van der Waals surface area (Å²) < 4.78 is 9.12. The van der Waals surface area contributed by atoms with Crippen LogP contribution in [0.4, 0.5) is 0 Å².